The molecule has 1 aromatic carbocycles. The zero-order valence-electron chi connectivity index (χ0n) is 10.4. The average Bonchev–Trinajstić information content (AvgIpc) is 2.64. The standard InChI is InChI=1S/C14H20N2O/c1-10-2-3-14-12(4-10)5-13(17-14)9-16-7-11(6-15)8-16/h2-4,11,13H,5-9,15H2,1H3. The van der Waals surface area contributed by atoms with Crippen LogP contribution in [0.4, 0.5) is 0 Å². The smallest absolute Gasteiger partial charge is 0.123 e. The normalized spacial score (nSPS) is 24.2. The second-order valence-electron chi connectivity index (χ2n) is 5.38. The lowest BCUT2D eigenvalue weighted by Gasteiger charge is -2.39. The van der Waals surface area contributed by atoms with E-state index in [0.717, 1.165) is 38.3 Å². The zero-order valence-corrected chi connectivity index (χ0v) is 10.4. The van der Waals surface area contributed by atoms with Gasteiger partial charge in [-0.05, 0) is 31.0 Å². The molecule has 1 aromatic rings. The van der Waals surface area contributed by atoms with E-state index >= 15 is 0 Å². The van der Waals surface area contributed by atoms with E-state index in [1.165, 1.54) is 11.1 Å². The van der Waals surface area contributed by atoms with Gasteiger partial charge in [0.2, 0.25) is 0 Å². The van der Waals surface area contributed by atoms with E-state index in [1.54, 1.807) is 0 Å². The van der Waals surface area contributed by atoms with Gasteiger partial charge in [-0.15, -0.1) is 0 Å². The van der Waals surface area contributed by atoms with Crippen LogP contribution in [0.3, 0.4) is 0 Å². The predicted molar refractivity (Wildman–Crippen MR) is 68.3 cm³/mol. The summed E-state index contributed by atoms with van der Waals surface area (Å²) in [6.07, 6.45) is 1.39. The van der Waals surface area contributed by atoms with Gasteiger partial charge in [0.05, 0.1) is 0 Å². The van der Waals surface area contributed by atoms with Crippen molar-refractivity contribution in [1.29, 1.82) is 0 Å². The summed E-state index contributed by atoms with van der Waals surface area (Å²) < 4.78 is 5.96. The van der Waals surface area contributed by atoms with Gasteiger partial charge in [0.15, 0.2) is 0 Å². The fourth-order valence-corrected chi connectivity index (χ4v) is 2.81. The molecule has 0 spiro atoms. The van der Waals surface area contributed by atoms with Gasteiger partial charge in [-0.25, -0.2) is 0 Å². The van der Waals surface area contributed by atoms with Crippen LogP contribution in [0.5, 0.6) is 5.75 Å². The molecule has 3 heteroatoms. The van der Waals surface area contributed by atoms with E-state index in [0.29, 0.717) is 12.0 Å². The Balaban J connectivity index is 1.56. The molecule has 1 fully saturated rings. The molecule has 1 unspecified atom stereocenters. The van der Waals surface area contributed by atoms with E-state index in [2.05, 4.69) is 30.0 Å². The maximum atomic E-state index is 5.96. The summed E-state index contributed by atoms with van der Waals surface area (Å²) in [7, 11) is 0. The number of nitrogens with zero attached hydrogens (tertiary/aromatic N) is 1. The van der Waals surface area contributed by atoms with Crippen LogP contribution in [0.2, 0.25) is 0 Å². The number of ether oxygens (including phenoxy) is 1. The number of likely N-dealkylation sites (tertiary alicyclic amines) is 1. The van der Waals surface area contributed by atoms with E-state index < -0.39 is 0 Å². The van der Waals surface area contributed by atoms with E-state index in [4.69, 9.17) is 10.5 Å². The zero-order chi connectivity index (χ0) is 11.8. The van der Waals surface area contributed by atoms with E-state index in [1.807, 2.05) is 0 Å². The van der Waals surface area contributed by atoms with Crippen LogP contribution in [0.25, 0.3) is 0 Å². The Bertz CT molecular complexity index is 413. The summed E-state index contributed by atoms with van der Waals surface area (Å²) in [5.41, 5.74) is 8.32. The lowest BCUT2D eigenvalue weighted by atomic mass is 9.99. The monoisotopic (exact) mass is 232 g/mol. The molecule has 3 rings (SSSR count). The van der Waals surface area contributed by atoms with Gasteiger partial charge in [0, 0.05) is 26.1 Å². The molecule has 1 saturated heterocycles. The van der Waals surface area contributed by atoms with Crippen molar-refractivity contribution >= 4 is 0 Å². The predicted octanol–water partition coefficient (Wildman–Crippen LogP) is 1.19. The Morgan fingerprint density at radius 2 is 2.24 bits per heavy atom. The van der Waals surface area contributed by atoms with Crippen molar-refractivity contribution in [2.24, 2.45) is 11.7 Å². The SMILES string of the molecule is Cc1ccc2c(c1)CC(CN1CC(CN)C1)O2. The quantitative estimate of drug-likeness (QED) is 0.850. The second-order valence-corrected chi connectivity index (χ2v) is 5.38. The summed E-state index contributed by atoms with van der Waals surface area (Å²) in [5, 5.41) is 0. The highest BCUT2D eigenvalue weighted by Crippen LogP contribution is 2.30. The highest BCUT2D eigenvalue weighted by Gasteiger charge is 2.30. The van der Waals surface area contributed by atoms with Gasteiger partial charge in [0.1, 0.15) is 11.9 Å². The van der Waals surface area contributed by atoms with Crippen LogP contribution in [-0.4, -0.2) is 37.2 Å². The third-order valence-electron chi connectivity index (χ3n) is 3.79. The molecule has 3 nitrogen and oxygen atoms in total. The Morgan fingerprint density at radius 3 is 3.00 bits per heavy atom. The summed E-state index contributed by atoms with van der Waals surface area (Å²) in [4.78, 5) is 2.45. The molecular formula is C14H20N2O. The van der Waals surface area contributed by atoms with Crippen LogP contribution in [0, 0.1) is 12.8 Å². The molecular weight excluding hydrogens is 212 g/mol. The molecule has 0 aliphatic carbocycles. The molecule has 0 amide bonds. The number of aryl methyl sites for hydroxylation is 1. The minimum absolute atomic E-state index is 0.338. The van der Waals surface area contributed by atoms with Crippen LogP contribution in [0.15, 0.2) is 18.2 Å². The molecule has 2 N–H and O–H groups in total. The number of nitrogens with two attached hydrogens (primary N) is 1. The first-order valence-electron chi connectivity index (χ1n) is 6.43. The van der Waals surface area contributed by atoms with Crippen molar-refractivity contribution in [3.05, 3.63) is 29.3 Å². The Kier molecular flexibility index (Phi) is 2.81. The van der Waals surface area contributed by atoms with E-state index in [-0.39, 0.29) is 0 Å². The fourth-order valence-electron chi connectivity index (χ4n) is 2.81. The number of hydrogen-bond donors (Lipinski definition) is 1. The highest BCUT2D eigenvalue weighted by molar-refractivity contribution is 5.40. The fraction of sp³-hybridized carbons (Fsp3) is 0.571. The van der Waals surface area contributed by atoms with Crippen molar-refractivity contribution in [1.82, 2.24) is 4.90 Å². The molecule has 2 aliphatic heterocycles. The van der Waals surface area contributed by atoms with Crippen LogP contribution in [0.1, 0.15) is 11.1 Å². The molecule has 17 heavy (non-hydrogen) atoms. The highest BCUT2D eigenvalue weighted by atomic mass is 16.5. The molecule has 0 aromatic heterocycles. The first-order chi connectivity index (χ1) is 8.24. The summed E-state index contributed by atoms with van der Waals surface area (Å²) in [5.74, 6) is 1.79. The molecule has 2 heterocycles. The first kappa shape index (κ1) is 11.1. The molecule has 2 aliphatic rings. The lowest BCUT2D eigenvalue weighted by Crippen LogP contribution is -2.52. The topological polar surface area (TPSA) is 38.5 Å². The van der Waals surface area contributed by atoms with Crippen molar-refractivity contribution in [3.63, 3.8) is 0 Å². The van der Waals surface area contributed by atoms with Crippen LogP contribution < -0.4 is 10.5 Å². The molecule has 92 valence electrons. The van der Waals surface area contributed by atoms with Crippen molar-refractivity contribution < 1.29 is 4.74 Å². The van der Waals surface area contributed by atoms with Crippen LogP contribution >= 0.6 is 0 Å². The lowest BCUT2D eigenvalue weighted by molar-refractivity contribution is 0.0613. The minimum atomic E-state index is 0.338. The summed E-state index contributed by atoms with van der Waals surface area (Å²) in [6, 6.07) is 6.47. The first-order valence-corrected chi connectivity index (χ1v) is 6.43. The third-order valence-corrected chi connectivity index (χ3v) is 3.79. The second kappa shape index (κ2) is 4.31. The van der Waals surface area contributed by atoms with Gasteiger partial charge in [-0.3, -0.25) is 4.90 Å². The Hall–Kier alpha value is -1.06. The van der Waals surface area contributed by atoms with Gasteiger partial charge >= 0.3 is 0 Å². The van der Waals surface area contributed by atoms with Gasteiger partial charge in [0.25, 0.3) is 0 Å². The largest absolute Gasteiger partial charge is 0.488 e. The minimum Gasteiger partial charge on any atom is -0.488 e. The number of benzene rings is 1. The molecule has 0 bridgehead atoms. The maximum absolute atomic E-state index is 5.96. The van der Waals surface area contributed by atoms with E-state index in [9.17, 15) is 0 Å². The summed E-state index contributed by atoms with van der Waals surface area (Å²) >= 11 is 0. The molecule has 0 saturated carbocycles. The van der Waals surface area contributed by atoms with Crippen molar-refractivity contribution in [2.45, 2.75) is 19.4 Å². The van der Waals surface area contributed by atoms with Gasteiger partial charge in [-0.2, -0.15) is 0 Å². The number of hydrogen-bond acceptors (Lipinski definition) is 3. The number of rotatable bonds is 3. The third kappa shape index (κ3) is 2.17. The van der Waals surface area contributed by atoms with Crippen LogP contribution in [-0.2, 0) is 6.42 Å². The van der Waals surface area contributed by atoms with Gasteiger partial charge in [-0.1, -0.05) is 17.7 Å². The average molecular weight is 232 g/mol. The molecule has 0 radical (unpaired) electrons. The van der Waals surface area contributed by atoms with Gasteiger partial charge < -0.3 is 10.5 Å². The van der Waals surface area contributed by atoms with Crippen molar-refractivity contribution in [2.75, 3.05) is 26.2 Å². The number of fused-ring (bicyclic) bond motifs is 1. The Morgan fingerprint density at radius 1 is 1.41 bits per heavy atom. The molecule has 1 atom stereocenters. The summed E-state index contributed by atoms with van der Waals surface area (Å²) in [6.45, 7) is 6.29. The maximum Gasteiger partial charge on any atom is 0.123 e. The van der Waals surface area contributed by atoms with Crippen molar-refractivity contribution in [3.8, 4) is 5.75 Å². The Labute approximate surface area is 103 Å².